The van der Waals surface area contributed by atoms with Gasteiger partial charge in [0.1, 0.15) is 17.1 Å². The molecule has 3 rings (SSSR count). The topological polar surface area (TPSA) is 69.6 Å². The molecule has 0 radical (unpaired) electrons. The lowest BCUT2D eigenvalue weighted by Gasteiger charge is -2.25. The maximum atomic E-state index is 12.5. The van der Waals surface area contributed by atoms with Gasteiger partial charge in [0.05, 0.1) is 13.7 Å². The number of pyridine rings is 1. The van der Waals surface area contributed by atoms with Gasteiger partial charge in [0, 0.05) is 31.3 Å². The summed E-state index contributed by atoms with van der Waals surface area (Å²) in [5.74, 6) is 1.63. The molecule has 6 nitrogen and oxygen atoms in total. The number of hydrogen-bond acceptors (Lipinski definition) is 4. The Morgan fingerprint density at radius 1 is 1.33 bits per heavy atom. The minimum atomic E-state index is -0.341. The molecule has 1 aromatic carbocycles. The molecule has 27 heavy (non-hydrogen) atoms. The molecule has 0 unspecified atom stereocenters. The van der Waals surface area contributed by atoms with Crippen LogP contribution in [0.15, 0.2) is 35.1 Å². The molecule has 1 aromatic heterocycles. The lowest BCUT2D eigenvalue weighted by Crippen LogP contribution is -2.38. The molecule has 1 N–H and O–H groups in total. The second-order valence-electron chi connectivity index (χ2n) is 7.26. The number of hydrogen-bond donors (Lipinski definition) is 1. The molecule has 0 bridgehead atoms. The summed E-state index contributed by atoms with van der Waals surface area (Å²) in [6, 6.07) is 9.23. The van der Waals surface area contributed by atoms with Crippen LogP contribution >= 0.6 is 0 Å². The van der Waals surface area contributed by atoms with Crippen molar-refractivity contribution in [1.82, 2.24) is 9.88 Å². The first-order valence-electron chi connectivity index (χ1n) is 9.18. The van der Waals surface area contributed by atoms with Gasteiger partial charge in [-0.25, -0.2) is 0 Å². The fourth-order valence-electron chi connectivity index (χ4n) is 3.41. The van der Waals surface area contributed by atoms with Crippen molar-refractivity contribution in [3.05, 3.63) is 57.5 Å². The van der Waals surface area contributed by atoms with E-state index < -0.39 is 0 Å². The first-order valence-corrected chi connectivity index (χ1v) is 9.18. The highest BCUT2D eigenvalue weighted by Gasteiger charge is 2.22. The van der Waals surface area contributed by atoms with Crippen LogP contribution in [0.3, 0.4) is 0 Å². The normalized spacial score (nSPS) is 15.8. The third-order valence-electron chi connectivity index (χ3n) is 4.99. The van der Waals surface area contributed by atoms with Gasteiger partial charge in [-0.2, -0.15) is 0 Å². The van der Waals surface area contributed by atoms with E-state index in [1.165, 1.54) is 0 Å². The molecule has 1 aliphatic rings. The van der Waals surface area contributed by atoms with Crippen LogP contribution in [0.2, 0.25) is 0 Å². The molecule has 0 aliphatic carbocycles. The Balaban J connectivity index is 1.65. The molecule has 0 saturated carbocycles. The Hall–Kier alpha value is -2.76. The van der Waals surface area contributed by atoms with Gasteiger partial charge < -0.3 is 19.4 Å². The van der Waals surface area contributed by atoms with E-state index in [1.807, 2.05) is 38.1 Å². The number of methoxy groups -OCH3 is 1. The number of fused-ring (bicyclic) bond motifs is 1. The zero-order valence-electron chi connectivity index (χ0n) is 16.2. The van der Waals surface area contributed by atoms with Crippen LogP contribution in [-0.2, 0) is 13.5 Å². The Bertz CT molecular complexity index is 902. The average molecular weight is 370 g/mol. The second kappa shape index (κ2) is 7.86. The molecule has 1 atom stereocenters. The van der Waals surface area contributed by atoms with Gasteiger partial charge >= 0.3 is 0 Å². The highest BCUT2D eigenvalue weighted by molar-refractivity contribution is 5.93. The summed E-state index contributed by atoms with van der Waals surface area (Å²) in [4.78, 5) is 25.0. The summed E-state index contributed by atoms with van der Waals surface area (Å²) in [5.41, 5.74) is 1.91. The van der Waals surface area contributed by atoms with E-state index in [9.17, 15) is 9.59 Å². The minimum absolute atomic E-state index is 0.161. The maximum absolute atomic E-state index is 12.5. The summed E-state index contributed by atoms with van der Waals surface area (Å²) < 4.78 is 12.6. The van der Waals surface area contributed by atoms with Crippen LogP contribution in [-0.4, -0.2) is 30.7 Å². The molecule has 144 valence electrons. The number of amides is 1. The van der Waals surface area contributed by atoms with Gasteiger partial charge in [-0.3, -0.25) is 9.59 Å². The van der Waals surface area contributed by atoms with Crippen LogP contribution in [0.5, 0.6) is 11.5 Å². The Morgan fingerprint density at radius 2 is 2.11 bits per heavy atom. The standard InChI is InChI=1S/C21H26N2O4/c1-13(2)18-8-7-17(21(25)23(18)3)20(24)22-11-14-9-15-5-6-16(26-4)10-19(15)27-12-14/h5-8,10,13-14H,9,11-12H2,1-4H3,(H,22,24)/t14-/m1/s1. The van der Waals surface area contributed by atoms with Crippen molar-refractivity contribution in [2.45, 2.75) is 26.2 Å². The maximum Gasteiger partial charge on any atom is 0.263 e. The van der Waals surface area contributed by atoms with Gasteiger partial charge in [-0.1, -0.05) is 19.9 Å². The smallest absolute Gasteiger partial charge is 0.263 e. The fourth-order valence-corrected chi connectivity index (χ4v) is 3.41. The highest BCUT2D eigenvalue weighted by Crippen LogP contribution is 2.30. The number of carbonyl (C=O) groups excluding carboxylic acids is 1. The number of carbonyl (C=O) groups is 1. The number of benzene rings is 1. The summed E-state index contributed by atoms with van der Waals surface area (Å²) in [5, 5.41) is 2.88. The van der Waals surface area contributed by atoms with Crippen LogP contribution < -0.4 is 20.3 Å². The van der Waals surface area contributed by atoms with E-state index in [2.05, 4.69) is 5.32 Å². The van der Waals surface area contributed by atoms with Crippen molar-refractivity contribution in [3.8, 4) is 11.5 Å². The van der Waals surface area contributed by atoms with Gasteiger partial charge in [0.15, 0.2) is 0 Å². The largest absolute Gasteiger partial charge is 0.497 e. The summed E-state index contributed by atoms with van der Waals surface area (Å²) >= 11 is 0. The van der Waals surface area contributed by atoms with Crippen molar-refractivity contribution < 1.29 is 14.3 Å². The number of ether oxygens (including phenoxy) is 2. The molecule has 1 amide bonds. The van der Waals surface area contributed by atoms with Crippen molar-refractivity contribution >= 4 is 5.91 Å². The number of nitrogens with zero attached hydrogens (tertiary/aromatic N) is 1. The summed E-state index contributed by atoms with van der Waals surface area (Å²) in [7, 11) is 3.33. The minimum Gasteiger partial charge on any atom is -0.497 e. The van der Waals surface area contributed by atoms with E-state index in [1.54, 1.807) is 24.8 Å². The first-order chi connectivity index (χ1) is 12.9. The second-order valence-corrected chi connectivity index (χ2v) is 7.26. The molecule has 0 fully saturated rings. The third kappa shape index (κ3) is 3.99. The van der Waals surface area contributed by atoms with E-state index in [4.69, 9.17) is 9.47 Å². The molecule has 2 aromatic rings. The van der Waals surface area contributed by atoms with E-state index >= 15 is 0 Å². The monoisotopic (exact) mass is 370 g/mol. The summed E-state index contributed by atoms with van der Waals surface area (Å²) in [6.07, 6.45) is 0.809. The third-order valence-corrected chi connectivity index (χ3v) is 4.99. The van der Waals surface area contributed by atoms with Crippen molar-refractivity contribution in [2.24, 2.45) is 13.0 Å². The van der Waals surface area contributed by atoms with Crippen molar-refractivity contribution in [3.63, 3.8) is 0 Å². The van der Waals surface area contributed by atoms with Crippen LogP contribution in [0.25, 0.3) is 0 Å². The van der Waals surface area contributed by atoms with Gasteiger partial charge in [-0.05, 0) is 36.1 Å². The first kappa shape index (κ1) is 19.0. The zero-order valence-corrected chi connectivity index (χ0v) is 16.2. The molecular formula is C21H26N2O4. The Kier molecular flexibility index (Phi) is 5.54. The van der Waals surface area contributed by atoms with Crippen molar-refractivity contribution in [2.75, 3.05) is 20.3 Å². The van der Waals surface area contributed by atoms with Crippen LogP contribution in [0, 0.1) is 5.92 Å². The van der Waals surface area contributed by atoms with E-state index in [0.717, 1.165) is 29.2 Å². The Morgan fingerprint density at radius 3 is 2.81 bits per heavy atom. The number of nitrogens with one attached hydrogen (secondary N) is 1. The SMILES string of the molecule is COc1ccc2c(c1)OC[C@@H](CNC(=O)c1ccc(C(C)C)n(C)c1=O)C2. The predicted octanol–water partition coefficient (Wildman–Crippen LogP) is 2.50. The van der Waals surface area contributed by atoms with Crippen molar-refractivity contribution in [1.29, 1.82) is 0 Å². The molecular weight excluding hydrogens is 344 g/mol. The quantitative estimate of drug-likeness (QED) is 0.878. The fraction of sp³-hybridized carbons (Fsp3) is 0.429. The van der Waals surface area contributed by atoms with Gasteiger partial charge in [0.2, 0.25) is 0 Å². The average Bonchev–Trinajstić information content (AvgIpc) is 2.67. The lowest BCUT2D eigenvalue weighted by molar-refractivity contribution is 0.0937. The van der Waals surface area contributed by atoms with Gasteiger partial charge in [0.25, 0.3) is 11.5 Å². The van der Waals surface area contributed by atoms with Crippen LogP contribution in [0.1, 0.15) is 41.4 Å². The molecule has 0 saturated heterocycles. The van der Waals surface area contributed by atoms with E-state index in [0.29, 0.717) is 13.2 Å². The van der Waals surface area contributed by atoms with Gasteiger partial charge in [-0.15, -0.1) is 0 Å². The molecule has 0 spiro atoms. The molecule has 6 heteroatoms. The molecule has 1 aliphatic heterocycles. The van der Waals surface area contributed by atoms with Crippen LogP contribution in [0.4, 0.5) is 0 Å². The highest BCUT2D eigenvalue weighted by atomic mass is 16.5. The van der Waals surface area contributed by atoms with E-state index in [-0.39, 0.29) is 28.9 Å². The summed E-state index contributed by atoms with van der Waals surface area (Å²) in [6.45, 7) is 5.01. The zero-order chi connectivity index (χ0) is 19.6. The number of aromatic nitrogens is 1. The Labute approximate surface area is 159 Å². The molecule has 2 heterocycles. The number of rotatable bonds is 5. The lowest BCUT2D eigenvalue weighted by atomic mass is 9.96. The predicted molar refractivity (Wildman–Crippen MR) is 104 cm³/mol.